The summed E-state index contributed by atoms with van der Waals surface area (Å²) in [6.45, 7) is 3.00. The number of nitrogens with zero attached hydrogens (tertiary/aromatic N) is 4. The topological polar surface area (TPSA) is 111 Å². The molecule has 1 aliphatic rings. The number of aryl methyl sites for hydroxylation is 1. The van der Waals surface area contributed by atoms with Crippen molar-refractivity contribution in [3.63, 3.8) is 0 Å². The Morgan fingerprint density at radius 2 is 1.81 bits per heavy atom. The van der Waals surface area contributed by atoms with Crippen molar-refractivity contribution < 1.29 is 17.9 Å². The van der Waals surface area contributed by atoms with Crippen LogP contribution >= 0.6 is 0 Å². The summed E-state index contributed by atoms with van der Waals surface area (Å²) in [6, 6.07) is 7.97. The molecule has 0 radical (unpaired) electrons. The SMILES string of the molecule is COc1ccc(S(=O)(=O)N2CCN(C(=O)Cn3nc(C)cc3N)CC2)cc1. The van der Waals surface area contributed by atoms with Crippen LogP contribution in [0.1, 0.15) is 5.69 Å². The highest BCUT2D eigenvalue weighted by atomic mass is 32.2. The van der Waals surface area contributed by atoms with Gasteiger partial charge in [0.05, 0.1) is 17.7 Å². The number of piperazine rings is 1. The van der Waals surface area contributed by atoms with E-state index in [9.17, 15) is 13.2 Å². The van der Waals surface area contributed by atoms with Crippen LogP contribution in [-0.4, -0.2) is 66.6 Å². The van der Waals surface area contributed by atoms with E-state index in [0.717, 1.165) is 5.69 Å². The summed E-state index contributed by atoms with van der Waals surface area (Å²) in [5, 5.41) is 4.18. The first-order valence-corrected chi connectivity index (χ1v) is 9.97. The van der Waals surface area contributed by atoms with Gasteiger partial charge < -0.3 is 15.4 Å². The predicted octanol–water partition coefficient (Wildman–Crippen LogP) is 0.315. The fourth-order valence-corrected chi connectivity index (χ4v) is 4.42. The van der Waals surface area contributed by atoms with Crippen molar-refractivity contribution in [3.05, 3.63) is 36.0 Å². The quantitative estimate of drug-likeness (QED) is 0.783. The lowest BCUT2D eigenvalue weighted by Crippen LogP contribution is -2.51. The standard InChI is InChI=1S/C17H23N5O4S/c1-13-11-16(18)22(19-13)12-17(23)20-7-9-21(10-8-20)27(24,25)15-5-3-14(26-2)4-6-15/h3-6,11H,7-10,12,18H2,1-2H3. The van der Waals surface area contributed by atoms with Gasteiger partial charge in [0.25, 0.3) is 0 Å². The van der Waals surface area contributed by atoms with Gasteiger partial charge in [0.15, 0.2) is 0 Å². The van der Waals surface area contributed by atoms with Gasteiger partial charge in [-0.15, -0.1) is 0 Å². The minimum absolute atomic E-state index is 0.0465. The number of aromatic nitrogens is 2. The van der Waals surface area contributed by atoms with Gasteiger partial charge in [-0.3, -0.25) is 4.79 Å². The van der Waals surface area contributed by atoms with Gasteiger partial charge in [0, 0.05) is 32.2 Å². The number of amides is 1. The van der Waals surface area contributed by atoms with Crippen molar-refractivity contribution in [1.29, 1.82) is 0 Å². The number of ether oxygens (including phenoxy) is 1. The number of nitrogens with two attached hydrogens (primary N) is 1. The molecule has 0 aliphatic carbocycles. The zero-order valence-corrected chi connectivity index (χ0v) is 16.1. The molecule has 9 nitrogen and oxygen atoms in total. The highest BCUT2D eigenvalue weighted by molar-refractivity contribution is 7.89. The highest BCUT2D eigenvalue weighted by Gasteiger charge is 2.30. The monoisotopic (exact) mass is 393 g/mol. The van der Waals surface area contributed by atoms with Crippen LogP contribution in [0.2, 0.25) is 0 Å². The summed E-state index contributed by atoms with van der Waals surface area (Å²) in [5.41, 5.74) is 6.56. The Labute approximate surface area is 158 Å². The van der Waals surface area contributed by atoms with E-state index in [4.69, 9.17) is 10.5 Å². The Hall–Kier alpha value is -2.59. The van der Waals surface area contributed by atoms with Crippen LogP contribution in [0, 0.1) is 6.92 Å². The number of anilines is 1. The number of carbonyl (C=O) groups excluding carboxylic acids is 1. The number of benzene rings is 1. The first kappa shape index (κ1) is 19.2. The van der Waals surface area contributed by atoms with Crippen LogP contribution < -0.4 is 10.5 Å². The summed E-state index contributed by atoms with van der Waals surface area (Å²) in [4.78, 5) is 14.3. The molecule has 1 saturated heterocycles. The predicted molar refractivity (Wildman–Crippen MR) is 99.7 cm³/mol. The first-order chi connectivity index (χ1) is 12.8. The van der Waals surface area contributed by atoms with Crippen LogP contribution in [-0.2, 0) is 21.4 Å². The minimum atomic E-state index is -3.60. The number of carbonyl (C=O) groups is 1. The largest absolute Gasteiger partial charge is 0.497 e. The molecule has 0 saturated carbocycles. The van der Waals surface area contributed by atoms with Gasteiger partial charge in [0.2, 0.25) is 15.9 Å². The Balaban J connectivity index is 1.62. The second-order valence-corrected chi connectivity index (χ2v) is 8.27. The third-order valence-electron chi connectivity index (χ3n) is 4.51. The van der Waals surface area contributed by atoms with Crippen molar-refractivity contribution in [2.24, 2.45) is 0 Å². The zero-order valence-electron chi connectivity index (χ0n) is 15.3. The normalized spacial score (nSPS) is 15.7. The Kier molecular flexibility index (Phi) is 5.38. The molecule has 0 unspecified atom stereocenters. The van der Waals surface area contributed by atoms with Gasteiger partial charge in [-0.1, -0.05) is 0 Å². The maximum Gasteiger partial charge on any atom is 0.244 e. The molecule has 3 rings (SSSR count). The summed E-state index contributed by atoms with van der Waals surface area (Å²) < 4.78 is 33.4. The molecule has 0 spiro atoms. The van der Waals surface area contributed by atoms with Crippen LogP contribution in [0.15, 0.2) is 35.2 Å². The molecule has 1 aromatic carbocycles. The van der Waals surface area contributed by atoms with E-state index in [1.807, 2.05) is 0 Å². The third-order valence-corrected chi connectivity index (χ3v) is 6.42. The van der Waals surface area contributed by atoms with Crippen LogP contribution in [0.5, 0.6) is 5.75 Å². The molecule has 1 aromatic heterocycles. The second-order valence-electron chi connectivity index (χ2n) is 6.33. The number of methoxy groups -OCH3 is 1. The molecule has 146 valence electrons. The minimum Gasteiger partial charge on any atom is -0.497 e. The number of sulfonamides is 1. The molecule has 1 aliphatic heterocycles. The molecule has 0 atom stereocenters. The van der Waals surface area contributed by atoms with Crippen molar-refractivity contribution in [1.82, 2.24) is 19.0 Å². The van der Waals surface area contributed by atoms with Crippen molar-refractivity contribution in [2.45, 2.75) is 18.4 Å². The number of rotatable bonds is 5. The smallest absolute Gasteiger partial charge is 0.244 e. The van der Waals surface area contributed by atoms with E-state index in [1.165, 1.54) is 28.2 Å². The summed E-state index contributed by atoms with van der Waals surface area (Å²) >= 11 is 0. The van der Waals surface area contributed by atoms with Gasteiger partial charge in [-0.05, 0) is 31.2 Å². The molecule has 1 amide bonds. The lowest BCUT2D eigenvalue weighted by Gasteiger charge is -2.34. The molecular weight excluding hydrogens is 370 g/mol. The Bertz CT molecular complexity index is 915. The second kappa shape index (κ2) is 7.57. The molecule has 1 fully saturated rings. The van der Waals surface area contributed by atoms with Crippen LogP contribution in [0.3, 0.4) is 0 Å². The maximum absolute atomic E-state index is 12.8. The lowest BCUT2D eigenvalue weighted by molar-refractivity contribution is -0.133. The average Bonchev–Trinajstić information content (AvgIpc) is 2.98. The van der Waals surface area contributed by atoms with Crippen LogP contribution in [0.25, 0.3) is 0 Å². The summed E-state index contributed by atoms with van der Waals surface area (Å²) in [7, 11) is -2.07. The lowest BCUT2D eigenvalue weighted by atomic mass is 10.3. The van der Waals surface area contributed by atoms with E-state index in [1.54, 1.807) is 30.0 Å². The molecule has 27 heavy (non-hydrogen) atoms. The fraction of sp³-hybridized carbons (Fsp3) is 0.412. The van der Waals surface area contributed by atoms with Gasteiger partial charge in [0.1, 0.15) is 18.1 Å². The molecule has 2 aromatic rings. The van der Waals surface area contributed by atoms with E-state index < -0.39 is 10.0 Å². The summed E-state index contributed by atoms with van der Waals surface area (Å²) in [6.07, 6.45) is 0. The van der Waals surface area contributed by atoms with Crippen molar-refractivity contribution in [2.75, 3.05) is 39.0 Å². The molecule has 2 N–H and O–H groups in total. The van der Waals surface area contributed by atoms with E-state index in [0.29, 0.717) is 24.7 Å². The third kappa shape index (κ3) is 4.06. The average molecular weight is 393 g/mol. The van der Waals surface area contributed by atoms with E-state index >= 15 is 0 Å². The Morgan fingerprint density at radius 1 is 1.19 bits per heavy atom. The van der Waals surface area contributed by atoms with E-state index in [2.05, 4.69) is 5.10 Å². The van der Waals surface area contributed by atoms with E-state index in [-0.39, 0.29) is 30.4 Å². The number of hydrogen-bond acceptors (Lipinski definition) is 6. The Morgan fingerprint density at radius 3 is 2.33 bits per heavy atom. The van der Waals surface area contributed by atoms with Crippen molar-refractivity contribution in [3.8, 4) is 5.75 Å². The van der Waals surface area contributed by atoms with Crippen LogP contribution in [0.4, 0.5) is 5.82 Å². The van der Waals surface area contributed by atoms with Gasteiger partial charge in [-0.25, -0.2) is 13.1 Å². The van der Waals surface area contributed by atoms with Gasteiger partial charge in [-0.2, -0.15) is 9.40 Å². The molecule has 0 bridgehead atoms. The molecular formula is C17H23N5O4S. The summed E-state index contributed by atoms with van der Waals surface area (Å²) in [5.74, 6) is 0.894. The maximum atomic E-state index is 12.8. The first-order valence-electron chi connectivity index (χ1n) is 8.53. The highest BCUT2D eigenvalue weighted by Crippen LogP contribution is 2.20. The van der Waals surface area contributed by atoms with Gasteiger partial charge >= 0.3 is 0 Å². The molecule has 10 heteroatoms. The number of nitrogen functional groups attached to an aromatic ring is 1. The fourth-order valence-electron chi connectivity index (χ4n) is 2.99. The van der Waals surface area contributed by atoms with Crippen molar-refractivity contribution >= 4 is 21.7 Å². The number of hydrogen-bond donors (Lipinski definition) is 1. The zero-order chi connectivity index (χ0) is 19.6. The molecule has 2 heterocycles.